The van der Waals surface area contributed by atoms with Crippen LogP contribution in [0.2, 0.25) is 0 Å². The van der Waals surface area contributed by atoms with Crippen LogP contribution in [0.5, 0.6) is 0 Å². The zero-order valence-electron chi connectivity index (χ0n) is 17.1. The maximum Gasteiger partial charge on any atom is 0.416 e. The number of sulfonamides is 1. The molecular formula is C21H21F5N2O3S. The van der Waals surface area contributed by atoms with Gasteiger partial charge in [-0.15, -0.1) is 0 Å². The van der Waals surface area contributed by atoms with Gasteiger partial charge in [0, 0.05) is 32.6 Å². The number of benzene rings is 2. The number of nitrogens with zero attached hydrogens (tertiary/aromatic N) is 2. The summed E-state index contributed by atoms with van der Waals surface area (Å²) < 4.78 is 91.8. The third kappa shape index (κ3) is 5.26. The first-order valence-electron chi connectivity index (χ1n) is 9.76. The first-order valence-corrected chi connectivity index (χ1v) is 11.2. The third-order valence-electron chi connectivity index (χ3n) is 5.38. The van der Waals surface area contributed by atoms with Gasteiger partial charge in [-0.2, -0.15) is 17.5 Å². The Morgan fingerprint density at radius 1 is 1.06 bits per heavy atom. The fraction of sp³-hybridized carbons (Fsp3) is 0.381. The van der Waals surface area contributed by atoms with Crippen molar-refractivity contribution in [1.29, 1.82) is 0 Å². The van der Waals surface area contributed by atoms with E-state index in [9.17, 15) is 35.2 Å². The molecule has 1 fully saturated rings. The van der Waals surface area contributed by atoms with Gasteiger partial charge in [0.05, 0.1) is 10.5 Å². The minimum atomic E-state index is -4.66. The van der Waals surface area contributed by atoms with E-state index < -0.39 is 44.2 Å². The fourth-order valence-corrected chi connectivity index (χ4v) is 5.14. The van der Waals surface area contributed by atoms with E-state index in [1.54, 1.807) is 0 Å². The molecule has 1 heterocycles. The normalized spacial score (nSPS) is 16.2. The molecule has 0 atom stereocenters. The van der Waals surface area contributed by atoms with Crippen LogP contribution in [0, 0.1) is 17.6 Å². The molecule has 2 aromatic carbocycles. The highest BCUT2D eigenvalue weighted by Gasteiger charge is 2.35. The van der Waals surface area contributed by atoms with Crippen LogP contribution in [-0.2, 0) is 27.5 Å². The molecule has 174 valence electrons. The SMILES string of the molecule is CN(Cc1ccc(F)c(F)c1)C(=O)C1CCN(S(=O)(=O)c2cccc(C(F)(F)F)c2)CC1. The van der Waals surface area contributed by atoms with Crippen molar-refractivity contribution in [2.75, 3.05) is 20.1 Å². The lowest BCUT2D eigenvalue weighted by Crippen LogP contribution is -2.43. The summed E-state index contributed by atoms with van der Waals surface area (Å²) in [6.45, 7) is 0.0147. The van der Waals surface area contributed by atoms with Gasteiger partial charge in [-0.3, -0.25) is 4.79 Å². The summed E-state index contributed by atoms with van der Waals surface area (Å²) in [5, 5.41) is 0. The first kappa shape index (κ1) is 24.1. The average molecular weight is 476 g/mol. The van der Waals surface area contributed by atoms with Crippen LogP contribution >= 0.6 is 0 Å². The Kier molecular flexibility index (Phi) is 6.89. The molecule has 5 nitrogen and oxygen atoms in total. The van der Waals surface area contributed by atoms with Gasteiger partial charge in [-0.05, 0) is 48.7 Å². The van der Waals surface area contributed by atoms with Crippen molar-refractivity contribution >= 4 is 15.9 Å². The number of hydrogen-bond acceptors (Lipinski definition) is 3. The quantitative estimate of drug-likeness (QED) is 0.612. The summed E-state index contributed by atoms with van der Waals surface area (Å²) in [5.74, 6) is -2.77. The predicted octanol–water partition coefficient (Wildman–Crippen LogP) is 4.04. The number of hydrogen-bond donors (Lipinski definition) is 0. The van der Waals surface area contributed by atoms with Crippen LogP contribution in [0.25, 0.3) is 0 Å². The topological polar surface area (TPSA) is 57.7 Å². The lowest BCUT2D eigenvalue weighted by molar-refractivity contribution is -0.138. The van der Waals surface area contributed by atoms with Gasteiger partial charge in [-0.25, -0.2) is 17.2 Å². The van der Waals surface area contributed by atoms with E-state index >= 15 is 0 Å². The molecule has 1 aliphatic rings. The molecule has 0 radical (unpaired) electrons. The van der Waals surface area contributed by atoms with Crippen LogP contribution in [0.3, 0.4) is 0 Å². The van der Waals surface area contributed by atoms with Gasteiger partial charge >= 0.3 is 6.18 Å². The Bertz CT molecular complexity index is 1100. The molecule has 1 amide bonds. The average Bonchev–Trinajstić information content (AvgIpc) is 2.75. The van der Waals surface area contributed by atoms with Crippen molar-refractivity contribution in [3.63, 3.8) is 0 Å². The molecule has 0 aliphatic carbocycles. The number of carbonyl (C=O) groups is 1. The second-order valence-electron chi connectivity index (χ2n) is 7.65. The minimum Gasteiger partial charge on any atom is -0.341 e. The van der Waals surface area contributed by atoms with Crippen LogP contribution in [0.15, 0.2) is 47.4 Å². The fourth-order valence-electron chi connectivity index (χ4n) is 3.63. The van der Waals surface area contributed by atoms with Crippen molar-refractivity contribution in [1.82, 2.24) is 9.21 Å². The second kappa shape index (κ2) is 9.14. The van der Waals surface area contributed by atoms with Gasteiger partial charge in [0.2, 0.25) is 15.9 Å². The Morgan fingerprint density at radius 3 is 2.31 bits per heavy atom. The molecule has 32 heavy (non-hydrogen) atoms. The Morgan fingerprint density at radius 2 is 1.72 bits per heavy atom. The Labute approximate surface area is 182 Å². The molecule has 3 rings (SSSR count). The molecule has 1 aliphatic heterocycles. The molecule has 11 heteroatoms. The largest absolute Gasteiger partial charge is 0.416 e. The summed E-state index contributed by atoms with van der Waals surface area (Å²) in [4.78, 5) is 13.6. The smallest absolute Gasteiger partial charge is 0.341 e. The predicted molar refractivity (Wildman–Crippen MR) is 106 cm³/mol. The van der Waals surface area contributed by atoms with Gasteiger partial charge in [0.1, 0.15) is 0 Å². The monoisotopic (exact) mass is 476 g/mol. The van der Waals surface area contributed by atoms with E-state index in [1.807, 2.05) is 0 Å². The lowest BCUT2D eigenvalue weighted by Gasteiger charge is -2.32. The first-order chi connectivity index (χ1) is 14.9. The minimum absolute atomic E-state index is 0.0198. The summed E-state index contributed by atoms with van der Waals surface area (Å²) >= 11 is 0. The van der Waals surface area contributed by atoms with E-state index in [0.717, 1.165) is 34.6 Å². The van der Waals surface area contributed by atoms with Crippen LogP contribution in [0.4, 0.5) is 22.0 Å². The molecule has 0 aromatic heterocycles. The number of carbonyl (C=O) groups excluding carboxylic acids is 1. The van der Waals surface area contributed by atoms with Crippen LogP contribution in [0.1, 0.15) is 24.0 Å². The summed E-state index contributed by atoms with van der Waals surface area (Å²) in [7, 11) is -2.63. The van der Waals surface area contributed by atoms with Gasteiger partial charge < -0.3 is 4.90 Å². The van der Waals surface area contributed by atoms with Crippen molar-refractivity contribution in [2.45, 2.75) is 30.5 Å². The molecule has 2 aromatic rings. The Balaban J connectivity index is 1.63. The van der Waals surface area contributed by atoms with E-state index in [0.29, 0.717) is 11.6 Å². The van der Waals surface area contributed by atoms with Crippen LogP contribution in [-0.4, -0.2) is 43.7 Å². The molecule has 1 saturated heterocycles. The highest BCUT2D eigenvalue weighted by molar-refractivity contribution is 7.89. The van der Waals surface area contributed by atoms with E-state index in [2.05, 4.69) is 0 Å². The third-order valence-corrected chi connectivity index (χ3v) is 7.28. The maximum atomic E-state index is 13.4. The Hall–Kier alpha value is -2.53. The van der Waals surface area contributed by atoms with Crippen molar-refractivity contribution in [2.24, 2.45) is 5.92 Å². The van der Waals surface area contributed by atoms with Gasteiger partial charge in [-0.1, -0.05) is 12.1 Å². The summed E-state index contributed by atoms with van der Waals surface area (Å²) in [6.07, 6.45) is -4.28. The highest BCUT2D eigenvalue weighted by atomic mass is 32.2. The van der Waals surface area contributed by atoms with Crippen LogP contribution < -0.4 is 0 Å². The molecule has 0 N–H and O–H groups in total. The van der Waals surface area contributed by atoms with Crippen molar-refractivity contribution in [3.05, 3.63) is 65.2 Å². The number of alkyl halides is 3. The van der Waals surface area contributed by atoms with Crippen molar-refractivity contribution in [3.8, 4) is 0 Å². The number of halogens is 5. The molecule has 0 saturated carbocycles. The summed E-state index contributed by atoms with van der Waals surface area (Å²) in [6, 6.07) is 6.89. The molecule has 0 spiro atoms. The number of rotatable bonds is 5. The second-order valence-corrected chi connectivity index (χ2v) is 9.58. The number of amides is 1. The van der Waals surface area contributed by atoms with E-state index in [1.165, 1.54) is 18.0 Å². The van der Waals surface area contributed by atoms with Gasteiger partial charge in [0.15, 0.2) is 11.6 Å². The zero-order chi connectivity index (χ0) is 23.7. The van der Waals surface area contributed by atoms with Gasteiger partial charge in [0.25, 0.3) is 0 Å². The lowest BCUT2D eigenvalue weighted by atomic mass is 9.96. The highest BCUT2D eigenvalue weighted by Crippen LogP contribution is 2.32. The van der Waals surface area contributed by atoms with E-state index in [-0.39, 0.29) is 38.4 Å². The standard InChI is InChI=1S/C21H21F5N2O3S/c1-27(13-14-5-6-18(22)19(23)11-14)20(29)15-7-9-28(10-8-15)32(30,31)17-4-2-3-16(12-17)21(24,25)26/h2-6,11-12,15H,7-10,13H2,1H3. The maximum absolute atomic E-state index is 13.4. The molecule has 0 bridgehead atoms. The van der Waals surface area contributed by atoms with Crippen molar-refractivity contribution < 1.29 is 35.2 Å². The number of piperidine rings is 1. The molecular weight excluding hydrogens is 455 g/mol. The zero-order valence-corrected chi connectivity index (χ0v) is 17.9. The molecule has 0 unspecified atom stereocenters. The van der Waals surface area contributed by atoms with E-state index in [4.69, 9.17) is 0 Å². The summed E-state index contributed by atoms with van der Waals surface area (Å²) in [5.41, 5.74) is -0.646.